The van der Waals surface area contributed by atoms with Gasteiger partial charge < -0.3 is 5.32 Å². The van der Waals surface area contributed by atoms with Crippen LogP contribution in [0, 0.1) is 13.8 Å². The molecule has 0 unspecified atom stereocenters. The third-order valence-corrected chi connectivity index (χ3v) is 3.23. The molecule has 18 heavy (non-hydrogen) atoms. The van der Waals surface area contributed by atoms with E-state index in [9.17, 15) is 0 Å². The highest BCUT2D eigenvalue weighted by atomic mass is 15.3. The third-order valence-electron chi connectivity index (χ3n) is 3.23. The maximum atomic E-state index is 4.57. The van der Waals surface area contributed by atoms with Gasteiger partial charge in [-0.25, -0.2) is 0 Å². The summed E-state index contributed by atoms with van der Waals surface area (Å²) in [6.45, 7) is 5.24. The molecule has 0 amide bonds. The molecule has 2 rings (SSSR count). The van der Waals surface area contributed by atoms with Gasteiger partial charge in [-0.2, -0.15) is 5.10 Å². The van der Waals surface area contributed by atoms with Gasteiger partial charge in [-0.15, -0.1) is 0 Å². The van der Waals surface area contributed by atoms with Crippen LogP contribution in [0.4, 0.5) is 0 Å². The number of aromatic nitrogens is 2. The number of benzene rings is 1. The first kappa shape index (κ1) is 12.8. The molecule has 1 N–H and O–H groups in total. The van der Waals surface area contributed by atoms with Crippen LogP contribution in [0.25, 0.3) is 11.3 Å². The Morgan fingerprint density at radius 3 is 2.72 bits per heavy atom. The van der Waals surface area contributed by atoms with E-state index in [0.29, 0.717) is 0 Å². The first-order chi connectivity index (χ1) is 8.61. The van der Waals surface area contributed by atoms with E-state index in [2.05, 4.69) is 48.5 Å². The van der Waals surface area contributed by atoms with Gasteiger partial charge in [-0.05, 0) is 38.6 Å². The fourth-order valence-electron chi connectivity index (χ4n) is 2.17. The lowest BCUT2D eigenvalue weighted by Gasteiger charge is -2.07. The van der Waals surface area contributed by atoms with Gasteiger partial charge in [0.2, 0.25) is 0 Å². The fraction of sp³-hybridized carbons (Fsp3) is 0.400. The lowest BCUT2D eigenvalue weighted by atomic mass is 10.0. The Kier molecular flexibility index (Phi) is 3.82. The second-order valence-corrected chi connectivity index (χ2v) is 4.82. The van der Waals surface area contributed by atoms with E-state index in [1.807, 2.05) is 18.8 Å². The first-order valence-electron chi connectivity index (χ1n) is 6.37. The van der Waals surface area contributed by atoms with Crippen LogP contribution in [0.2, 0.25) is 0 Å². The SMILES string of the molecule is CNCCc1cc(-c2cc(C)ccc2C)n(C)n1. The van der Waals surface area contributed by atoms with Gasteiger partial charge in [0, 0.05) is 25.6 Å². The summed E-state index contributed by atoms with van der Waals surface area (Å²) in [6.07, 6.45) is 0.967. The van der Waals surface area contributed by atoms with Crippen molar-refractivity contribution >= 4 is 0 Å². The van der Waals surface area contributed by atoms with Gasteiger partial charge in [0.15, 0.2) is 0 Å². The highest BCUT2D eigenvalue weighted by Crippen LogP contribution is 2.24. The van der Waals surface area contributed by atoms with Crippen LogP contribution in [0.15, 0.2) is 24.3 Å². The average molecular weight is 243 g/mol. The topological polar surface area (TPSA) is 29.9 Å². The minimum Gasteiger partial charge on any atom is -0.319 e. The third kappa shape index (κ3) is 2.62. The molecule has 0 atom stereocenters. The second kappa shape index (κ2) is 5.36. The number of hydrogen-bond donors (Lipinski definition) is 1. The van der Waals surface area contributed by atoms with Gasteiger partial charge in [0.25, 0.3) is 0 Å². The molecule has 2 aromatic rings. The quantitative estimate of drug-likeness (QED) is 0.894. The molecule has 3 nitrogen and oxygen atoms in total. The van der Waals surface area contributed by atoms with Crippen molar-refractivity contribution in [1.29, 1.82) is 0 Å². The molecule has 0 fully saturated rings. The van der Waals surface area contributed by atoms with Crippen molar-refractivity contribution in [2.45, 2.75) is 20.3 Å². The largest absolute Gasteiger partial charge is 0.319 e. The molecule has 0 aliphatic rings. The first-order valence-corrected chi connectivity index (χ1v) is 6.37. The molecule has 0 spiro atoms. The van der Waals surface area contributed by atoms with Crippen molar-refractivity contribution in [3.63, 3.8) is 0 Å². The van der Waals surface area contributed by atoms with E-state index in [1.54, 1.807) is 0 Å². The maximum Gasteiger partial charge on any atom is 0.0684 e. The molecule has 1 aromatic heterocycles. The summed E-state index contributed by atoms with van der Waals surface area (Å²) in [5.41, 5.74) is 6.20. The Balaban J connectivity index is 2.38. The number of aryl methyl sites for hydroxylation is 3. The van der Waals surface area contributed by atoms with E-state index in [-0.39, 0.29) is 0 Å². The van der Waals surface area contributed by atoms with Gasteiger partial charge >= 0.3 is 0 Å². The van der Waals surface area contributed by atoms with Crippen molar-refractivity contribution in [3.05, 3.63) is 41.1 Å². The molecule has 0 saturated heterocycles. The predicted octanol–water partition coefficient (Wildman–Crippen LogP) is 2.47. The van der Waals surface area contributed by atoms with Crippen molar-refractivity contribution < 1.29 is 0 Å². The van der Waals surface area contributed by atoms with Crippen LogP contribution >= 0.6 is 0 Å². The maximum absolute atomic E-state index is 4.57. The van der Waals surface area contributed by atoms with E-state index >= 15 is 0 Å². The van der Waals surface area contributed by atoms with Gasteiger partial charge in [-0.1, -0.05) is 17.7 Å². The average Bonchev–Trinajstić information content (AvgIpc) is 2.71. The standard InChI is InChI=1S/C15H21N3/c1-11-5-6-12(2)14(9-11)15-10-13(7-8-16-3)17-18(15)4/h5-6,9-10,16H,7-8H2,1-4H3. The lowest BCUT2D eigenvalue weighted by molar-refractivity contribution is 0.720. The molecule has 96 valence electrons. The van der Waals surface area contributed by atoms with Crippen LogP contribution in [0.5, 0.6) is 0 Å². The molecule has 0 aliphatic carbocycles. The Morgan fingerprint density at radius 1 is 1.22 bits per heavy atom. The predicted molar refractivity (Wildman–Crippen MR) is 75.7 cm³/mol. The molecule has 1 heterocycles. The Hall–Kier alpha value is -1.61. The summed E-state index contributed by atoms with van der Waals surface area (Å²) in [7, 11) is 3.98. The summed E-state index contributed by atoms with van der Waals surface area (Å²) in [4.78, 5) is 0. The molecular formula is C15H21N3. The number of hydrogen-bond acceptors (Lipinski definition) is 2. The van der Waals surface area contributed by atoms with Crippen molar-refractivity contribution in [2.24, 2.45) is 7.05 Å². The van der Waals surface area contributed by atoms with Crippen LogP contribution in [-0.2, 0) is 13.5 Å². The second-order valence-electron chi connectivity index (χ2n) is 4.82. The highest BCUT2D eigenvalue weighted by Gasteiger charge is 2.09. The van der Waals surface area contributed by atoms with Crippen molar-refractivity contribution in [1.82, 2.24) is 15.1 Å². The van der Waals surface area contributed by atoms with E-state index in [4.69, 9.17) is 0 Å². The normalized spacial score (nSPS) is 10.9. The highest BCUT2D eigenvalue weighted by molar-refractivity contribution is 5.65. The Labute approximate surface area is 109 Å². The van der Waals surface area contributed by atoms with Gasteiger partial charge in [0.1, 0.15) is 0 Å². The molecule has 1 aromatic carbocycles. The van der Waals surface area contributed by atoms with Crippen LogP contribution in [0.1, 0.15) is 16.8 Å². The zero-order valence-electron chi connectivity index (χ0n) is 11.6. The van der Waals surface area contributed by atoms with E-state index in [0.717, 1.165) is 18.7 Å². The molecular weight excluding hydrogens is 222 g/mol. The molecule has 0 bridgehead atoms. The summed E-state index contributed by atoms with van der Waals surface area (Å²) in [5.74, 6) is 0. The summed E-state index contributed by atoms with van der Waals surface area (Å²) >= 11 is 0. The minimum absolute atomic E-state index is 0.962. The summed E-state index contributed by atoms with van der Waals surface area (Å²) in [5, 5.41) is 7.73. The monoisotopic (exact) mass is 243 g/mol. The Bertz CT molecular complexity index is 541. The fourth-order valence-corrected chi connectivity index (χ4v) is 2.17. The number of likely N-dealkylation sites (N-methyl/N-ethyl adjacent to an activating group) is 1. The zero-order valence-corrected chi connectivity index (χ0v) is 11.6. The Morgan fingerprint density at radius 2 is 2.00 bits per heavy atom. The number of rotatable bonds is 4. The van der Waals surface area contributed by atoms with E-state index in [1.165, 1.54) is 22.4 Å². The number of nitrogens with one attached hydrogen (secondary N) is 1. The van der Waals surface area contributed by atoms with Gasteiger partial charge in [0.05, 0.1) is 11.4 Å². The van der Waals surface area contributed by atoms with E-state index < -0.39 is 0 Å². The lowest BCUT2D eigenvalue weighted by Crippen LogP contribution is -2.10. The minimum atomic E-state index is 0.962. The molecule has 3 heteroatoms. The summed E-state index contributed by atoms with van der Waals surface area (Å²) in [6, 6.07) is 8.75. The van der Waals surface area contributed by atoms with Crippen LogP contribution in [-0.4, -0.2) is 23.4 Å². The smallest absolute Gasteiger partial charge is 0.0684 e. The van der Waals surface area contributed by atoms with Crippen LogP contribution < -0.4 is 5.32 Å². The zero-order chi connectivity index (χ0) is 13.1. The molecule has 0 aliphatic heterocycles. The molecule has 0 saturated carbocycles. The van der Waals surface area contributed by atoms with Crippen molar-refractivity contribution in [2.75, 3.05) is 13.6 Å². The summed E-state index contributed by atoms with van der Waals surface area (Å²) < 4.78 is 1.98. The van der Waals surface area contributed by atoms with Crippen molar-refractivity contribution in [3.8, 4) is 11.3 Å². The van der Waals surface area contributed by atoms with Gasteiger partial charge in [-0.3, -0.25) is 4.68 Å². The van der Waals surface area contributed by atoms with Crippen LogP contribution in [0.3, 0.4) is 0 Å². The number of nitrogens with zero attached hydrogens (tertiary/aromatic N) is 2. The molecule has 0 radical (unpaired) electrons.